The molecule has 1 aliphatic rings. The van der Waals surface area contributed by atoms with E-state index in [4.69, 9.17) is 0 Å². The fourth-order valence-corrected chi connectivity index (χ4v) is 3.62. The van der Waals surface area contributed by atoms with Gasteiger partial charge in [-0.05, 0) is 44.5 Å². The van der Waals surface area contributed by atoms with Crippen LogP contribution in [0.5, 0.6) is 0 Å². The Labute approximate surface area is 151 Å². The number of benzene rings is 1. The van der Waals surface area contributed by atoms with Crippen LogP contribution in [0.15, 0.2) is 28.7 Å². The first-order valence-electron chi connectivity index (χ1n) is 8.34. The number of carbonyl (C=O) groups is 1. The van der Waals surface area contributed by atoms with Crippen LogP contribution in [0.25, 0.3) is 0 Å². The van der Waals surface area contributed by atoms with Crippen LogP contribution in [0.3, 0.4) is 0 Å². The van der Waals surface area contributed by atoms with E-state index in [0.29, 0.717) is 6.54 Å². The van der Waals surface area contributed by atoms with Gasteiger partial charge in [0.05, 0.1) is 17.8 Å². The maximum Gasteiger partial charge on any atom is 0.257 e. The van der Waals surface area contributed by atoms with Gasteiger partial charge in [0, 0.05) is 29.8 Å². The number of nitrogens with one attached hydrogen (secondary N) is 1. The summed E-state index contributed by atoms with van der Waals surface area (Å²) in [5, 5.41) is 7.95. The Hall–Kier alpha value is -1.66. The van der Waals surface area contributed by atoms with Gasteiger partial charge in [-0.25, -0.2) is 0 Å². The third kappa shape index (κ3) is 3.70. The lowest BCUT2D eigenvalue weighted by atomic mass is 10.1. The number of amides is 1. The van der Waals surface area contributed by atoms with Crippen LogP contribution in [0.2, 0.25) is 0 Å². The van der Waals surface area contributed by atoms with Crippen LogP contribution in [-0.2, 0) is 6.54 Å². The summed E-state index contributed by atoms with van der Waals surface area (Å²) in [5.41, 5.74) is 3.67. The Bertz CT molecular complexity index is 733. The number of nitrogens with zero attached hydrogens (tertiary/aromatic N) is 3. The van der Waals surface area contributed by atoms with Crippen molar-refractivity contribution in [1.29, 1.82) is 0 Å². The molecule has 128 valence electrons. The predicted octanol–water partition coefficient (Wildman–Crippen LogP) is 2.75. The van der Waals surface area contributed by atoms with Crippen LogP contribution >= 0.6 is 15.9 Å². The minimum atomic E-state index is 0.106. The molecule has 0 unspecified atom stereocenters. The zero-order valence-electron chi connectivity index (χ0n) is 14.2. The van der Waals surface area contributed by atoms with Gasteiger partial charge in [-0.3, -0.25) is 9.48 Å². The van der Waals surface area contributed by atoms with Crippen LogP contribution in [0, 0.1) is 13.8 Å². The molecule has 1 N–H and O–H groups in total. The molecule has 0 radical (unpaired) electrons. The fourth-order valence-electron chi connectivity index (χ4n) is 3.18. The summed E-state index contributed by atoms with van der Waals surface area (Å²) >= 11 is 3.50. The Balaban J connectivity index is 1.84. The second-order valence-electron chi connectivity index (χ2n) is 6.23. The van der Waals surface area contributed by atoms with E-state index in [-0.39, 0.29) is 5.91 Å². The molecule has 1 fully saturated rings. The van der Waals surface area contributed by atoms with Crippen molar-refractivity contribution >= 4 is 21.8 Å². The van der Waals surface area contributed by atoms with Crippen LogP contribution in [-0.4, -0.2) is 46.8 Å². The van der Waals surface area contributed by atoms with E-state index in [1.54, 1.807) is 0 Å². The molecule has 24 heavy (non-hydrogen) atoms. The lowest BCUT2D eigenvalue weighted by molar-refractivity contribution is 0.0765. The van der Waals surface area contributed by atoms with Gasteiger partial charge in [0.25, 0.3) is 5.91 Å². The molecule has 1 aromatic heterocycles. The van der Waals surface area contributed by atoms with Crippen LogP contribution < -0.4 is 5.32 Å². The molecule has 5 nitrogen and oxygen atoms in total. The van der Waals surface area contributed by atoms with E-state index in [0.717, 1.165) is 59.6 Å². The Morgan fingerprint density at radius 1 is 1.29 bits per heavy atom. The second kappa shape index (κ2) is 7.49. The minimum absolute atomic E-state index is 0.106. The summed E-state index contributed by atoms with van der Waals surface area (Å²) in [7, 11) is 0. The number of halogens is 1. The van der Waals surface area contributed by atoms with E-state index >= 15 is 0 Å². The molecule has 0 aliphatic carbocycles. The van der Waals surface area contributed by atoms with Crippen molar-refractivity contribution in [2.45, 2.75) is 26.8 Å². The van der Waals surface area contributed by atoms with Gasteiger partial charge >= 0.3 is 0 Å². The largest absolute Gasteiger partial charge is 0.337 e. The number of aryl methyl sites for hydroxylation is 1. The van der Waals surface area contributed by atoms with Gasteiger partial charge in [0.15, 0.2) is 0 Å². The first-order chi connectivity index (χ1) is 11.6. The lowest BCUT2D eigenvalue weighted by Gasteiger charge is -2.20. The smallest absolute Gasteiger partial charge is 0.257 e. The van der Waals surface area contributed by atoms with Gasteiger partial charge in [0.1, 0.15) is 0 Å². The minimum Gasteiger partial charge on any atom is -0.337 e. The van der Waals surface area contributed by atoms with Gasteiger partial charge in [-0.1, -0.05) is 28.1 Å². The van der Waals surface area contributed by atoms with E-state index in [1.807, 2.05) is 35.6 Å². The lowest BCUT2D eigenvalue weighted by Crippen LogP contribution is -2.34. The highest BCUT2D eigenvalue weighted by atomic mass is 79.9. The number of carbonyl (C=O) groups excluding carboxylic acids is 1. The zero-order valence-corrected chi connectivity index (χ0v) is 15.8. The molecular formula is C18H23BrN4O. The van der Waals surface area contributed by atoms with Crippen molar-refractivity contribution in [3.63, 3.8) is 0 Å². The maximum atomic E-state index is 13.0. The predicted molar refractivity (Wildman–Crippen MR) is 98.3 cm³/mol. The molecule has 0 atom stereocenters. The summed E-state index contributed by atoms with van der Waals surface area (Å²) < 4.78 is 2.98. The van der Waals surface area contributed by atoms with Crippen molar-refractivity contribution in [3.8, 4) is 0 Å². The standard InChI is InChI=1S/C18H23BrN4O/c1-13-17(18(24)22-9-4-7-20-8-10-22)14(2)23(21-13)12-15-5-3-6-16(19)11-15/h3,5-6,11,20H,4,7-10,12H2,1-2H3. The van der Waals surface area contributed by atoms with Gasteiger partial charge < -0.3 is 10.2 Å². The number of hydrogen-bond donors (Lipinski definition) is 1. The van der Waals surface area contributed by atoms with Crippen molar-refractivity contribution in [2.75, 3.05) is 26.2 Å². The third-order valence-corrected chi connectivity index (χ3v) is 4.94. The van der Waals surface area contributed by atoms with E-state index in [9.17, 15) is 4.79 Å². The summed E-state index contributed by atoms with van der Waals surface area (Å²) in [6.07, 6.45) is 0.996. The van der Waals surface area contributed by atoms with Crippen molar-refractivity contribution in [2.24, 2.45) is 0 Å². The van der Waals surface area contributed by atoms with E-state index in [2.05, 4.69) is 38.5 Å². The Kier molecular flexibility index (Phi) is 5.36. The number of rotatable bonds is 3. The second-order valence-corrected chi connectivity index (χ2v) is 7.14. The van der Waals surface area contributed by atoms with E-state index < -0.39 is 0 Å². The fraction of sp³-hybridized carbons (Fsp3) is 0.444. The first-order valence-corrected chi connectivity index (χ1v) is 9.14. The average Bonchev–Trinajstić information content (AvgIpc) is 2.74. The summed E-state index contributed by atoms with van der Waals surface area (Å²) in [6, 6.07) is 8.18. The molecule has 0 saturated carbocycles. The highest BCUT2D eigenvalue weighted by molar-refractivity contribution is 9.10. The topological polar surface area (TPSA) is 50.2 Å². The molecule has 2 heterocycles. The monoisotopic (exact) mass is 390 g/mol. The number of aromatic nitrogens is 2. The average molecular weight is 391 g/mol. The van der Waals surface area contributed by atoms with Crippen molar-refractivity contribution in [1.82, 2.24) is 20.0 Å². The van der Waals surface area contributed by atoms with Crippen LogP contribution in [0.1, 0.15) is 33.7 Å². The SMILES string of the molecule is Cc1nn(Cc2cccc(Br)c2)c(C)c1C(=O)N1CCCNCC1. The molecule has 3 rings (SSSR count). The maximum absolute atomic E-state index is 13.0. The Morgan fingerprint density at radius 2 is 2.12 bits per heavy atom. The van der Waals surface area contributed by atoms with Gasteiger partial charge in [-0.15, -0.1) is 0 Å². The molecule has 6 heteroatoms. The Morgan fingerprint density at radius 3 is 2.92 bits per heavy atom. The van der Waals surface area contributed by atoms with Crippen molar-refractivity contribution < 1.29 is 4.79 Å². The molecule has 0 spiro atoms. The van der Waals surface area contributed by atoms with Gasteiger partial charge in [0.2, 0.25) is 0 Å². The highest BCUT2D eigenvalue weighted by Gasteiger charge is 2.24. The third-order valence-electron chi connectivity index (χ3n) is 4.44. The highest BCUT2D eigenvalue weighted by Crippen LogP contribution is 2.19. The van der Waals surface area contributed by atoms with E-state index in [1.165, 1.54) is 0 Å². The summed E-state index contributed by atoms with van der Waals surface area (Å²) in [6.45, 7) is 7.98. The normalized spacial score (nSPS) is 15.4. The summed E-state index contributed by atoms with van der Waals surface area (Å²) in [4.78, 5) is 14.9. The van der Waals surface area contributed by atoms with Crippen LogP contribution in [0.4, 0.5) is 0 Å². The molecule has 1 aliphatic heterocycles. The summed E-state index contributed by atoms with van der Waals surface area (Å²) in [5.74, 6) is 0.106. The molecule has 1 amide bonds. The quantitative estimate of drug-likeness (QED) is 0.876. The van der Waals surface area contributed by atoms with Gasteiger partial charge in [-0.2, -0.15) is 5.10 Å². The molecule has 1 aromatic carbocycles. The molecule has 1 saturated heterocycles. The molecule has 2 aromatic rings. The number of hydrogen-bond acceptors (Lipinski definition) is 3. The van der Waals surface area contributed by atoms with Crippen molar-refractivity contribution in [3.05, 3.63) is 51.3 Å². The molecular weight excluding hydrogens is 368 g/mol. The first kappa shape index (κ1) is 17.2. The zero-order chi connectivity index (χ0) is 17.1. The molecule has 0 bridgehead atoms.